The molecule has 1 saturated heterocycles. The summed E-state index contributed by atoms with van der Waals surface area (Å²) < 4.78 is 11.8. The maximum atomic E-state index is 12.3. The molecule has 1 heterocycles. The van der Waals surface area contributed by atoms with Crippen molar-refractivity contribution in [1.29, 1.82) is 0 Å². The first-order chi connectivity index (χ1) is 13.2. The number of hydrogen-bond acceptors (Lipinski definition) is 5. The van der Waals surface area contributed by atoms with Crippen molar-refractivity contribution in [3.8, 4) is 11.5 Å². The molecular formula is C21H19NO3S2. The maximum absolute atomic E-state index is 12.3. The van der Waals surface area contributed by atoms with Crippen molar-refractivity contribution in [2.24, 2.45) is 0 Å². The molecule has 0 atom stereocenters. The van der Waals surface area contributed by atoms with E-state index in [1.807, 2.05) is 60.7 Å². The quantitative estimate of drug-likeness (QED) is 0.283. The number of hydrogen-bond donors (Lipinski definition) is 0. The van der Waals surface area contributed by atoms with Gasteiger partial charge in [-0.25, -0.2) is 0 Å². The molecule has 1 aliphatic rings. The lowest BCUT2D eigenvalue weighted by molar-refractivity contribution is -0.121. The van der Waals surface area contributed by atoms with Gasteiger partial charge < -0.3 is 9.47 Å². The van der Waals surface area contributed by atoms with Crippen molar-refractivity contribution in [1.82, 2.24) is 4.90 Å². The van der Waals surface area contributed by atoms with Gasteiger partial charge in [-0.05, 0) is 35.9 Å². The van der Waals surface area contributed by atoms with E-state index < -0.39 is 0 Å². The summed E-state index contributed by atoms with van der Waals surface area (Å²) in [6, 6.07) is 17.2. The Bertz CT molecular complexity index is 847. The van der Waals surface area contributed by atoms with Crippen LogP contribution in [0, 0.1) is 0 Å². The minimum atomic E-state index is -0.0803. The average Bonchev–Trinajstić information content (AvgIpc) is 2.95. The van der Waals surface area contributed by atoms with Crippen molar-refractivity contribution in [3.63, 3.8) is 0 Å². The highest BCUT2D eigenvalue weighted by Crippen LogP contribution is 2.32. The predicted octanol–water partition coefficient (Wildman–Crippen LogP) is 4.53. The van der Waals surface area contributed by atoms with Gasteiger partial charge in [0.1, 0.15) is 29.0 Å². The van der Waals surface area contributed by atoms with Gasteiger partial charge in [-0.15, -0.1) is 6.58 Å². The number of rotatable bonds is 8. The van der Waals surface area contributed by atoms with Gasteiger partial charge in [0.25, 0.3) is 5.91 Å². The minimum absolute atomic E-state index is 0.0803. The summed E-state index contributed by atoms with van der Waals surface area (Å²) in [6.45, 7) is 5.01. The van der Waals surface area contributed by atoms with Gasteiger partial charge >= 0.3 is 0 Å². The highest BCUT2D eigenvalue weighted by atomic mass is 32.2. The van der Waals surface area contributed by atoms with Crippen molar-refractivity contribution in [2.75, 3.05) is 19.8 Å². The van der Waals surface area contributed by atoms with E-state index in [1.165, 1.54) is 11.8 Å². The number of carbonyl (C=O) groups excluding carboxylic acids is 1. The molecule has 0 saturated carbocycles. The lowest BCUT2D eigenvalue weighted by Gasteiger charge is -2.10. The number of amides is 1. The molecule has 0 bridgehead atoms. The van der Waals surface area contributed by atoms with Crippen LogP contribution in [0.2, 0.25) is 0 Å². The smallest absolute Gasteiger partial charge is 0.266 e. The molecule has 138 valence electrons. The number of nitrogens with zero attached hydrogens (tertiary/aromatic N) is 1. The standard InChI is InChI=1S/C21H19NO3S2/c1-2-12-22-20(23)19(27-21(22)26)15-16-8-10-18(11-9-16)25-14-13-24-17-6-4-3-5-7-17/h2-11,15H,1,12-14H2. The summed E-state index contributed by atoms with van der Waals surface area (Å²) in [6.07, 6.45) is 3.51. The van der Waals surface area contributed by atoms with Crippen LogP contribution < -0.4 is 9.47 Å². The number of para-hydroxylation sites is 1. The number of thiocarbonyl (C=S) groups is 1. The fraction of sp³-hybridized carbons (Fsp3) is 0.143. The van der Waals surface area contributed by atoms with E-state index in [2.05, 4.69) is 6.58 Å². The molecule has 1 fully saturated rings. The van der Waals surface area contributed by atoms with Crippen LogP contribution in [0.25, 0.3) is 6.08 Å². The van der Waals surface area contributed by atoms with Crippen molar-refractivity contribution < 1.29 is 14.3 Å². The Morgan fingerprint density at radius 3 is 2.26 bits per heavy atom. The van der Waals surface area contributed by atoms with E-state index in [9.17, 15) is 4.79 Å². The lowest BCUT2D eigenvalue weighted by atomic mass is 10.2. The molecule has 4 nitrogen and oxygen atoms in total. The summed E-state index contributed by atoms with van der Waals surface area (Å²) in [5.74, 6) is 1.50. The highest BCUT2D eigenvalue weighted by Gasteiger charge is 2.30. The van der Waals surface area contributed by atoms with E-state index in [4.69, 9.17) is 21.7 Å². The van der Waals surface area contributed by atoms with Gasteiger partial charge in [-0.2, -0.15) is 0 Å². The van der Waals surface area contributed by atoms with E-state index in [-0.39, 0.29) is 5.91 Å². The van der Waals surface area contributed by atoms with Gasteiger partial charge in [-0.1, -0.05) is 60.4 Å². The second-order valence-electron chi connectivity index (χ2n) is 5.66. The number of ether oxygens (including phenoxy) is 2. The number of thioether (sulfide) groups is 1. The van der Waals surface area contributed by atoms with Gasteiger partial charge in [0.15, 0.2) is 0 Å². The first kappa shape index (κ1) is 19.2. The van der Waals surface area contributed by atoms with Crippen LogP contribution in [0.5, 0.6) is 11.5 Å². The molecule has 27 heavy (non-hydrogen) atoms. The molecule has 3 rings (SSSR count). The van der Waals surface area contributed by atoms with Crippen LogP contribution in [0.3, 0.4) is 0 Å². The Kier molecular flexibility index (Phi) is 6.68. The Hall–Kier alpha value is -2.57. The Balaban J connectivity index is 1.52. The third-order valence-electron chi connectivity index (χ3n) is 3.73. The molecule has 0 N–H and O–H groups in total. The fourth-order valence-electron chi connectivity index (χ4n) is 2.43. The van der Waals surface area contributed by atoms with Gasteiger partial charge in [0, 0.05) is 6.54 Å². The van der Waals surface area contributed by atoms with E-state index >= 15 is 0 Å². The molecule has 0 aromatic heterocycles. The van der Waals surface area contributed by atoms with Crippen LogP contribution in [-0.4, -0.2) is 34.9 Å². The van der Waals surface area contributed by atoms with Crippen LogP contribution in [0.4, 0.5) is 0 Å². The number of carbonyl (C=O) groups is 1. The highest BCUT2D eigenvalue weighted by molar-refractivity contribution is 8.26. The van der Waals surface area contributed by atoms with Crippen molar-refractivity contribution in [2.45, 2.75) is 0 Å². The summed E-state index contributed by atoms with van der Waals surface area (Å²) in [4.78, 5) is 14.5. The topological polar surface area (TPSA) is 38.8 Å². The molecule has 6 heteroatoms. The summed E-state index contributed by atoms with van der Waals surface area (Å²) in [5, 5.41) is 0. The number of benzene rings is 2. The minimum Gasteiger partial charge on any atom is -0.490 e. The van der Waals surface area contributed by atoms with Gasteiger partial charge in [-0.3, -0.25) is 9.69 Å². The van der Waals surface area contributed by atoms with Crippen molar-refractivity contribution in [3.05, 3.63) is 77.7 Å². The molecule has 0 spiro atoms. The summed E-state index contributed by atoms with van der Waals surface area (Å²) >= 11 is 6.55. The molecule has 0 radical (unpaired) electrons. The molecule has 2 aromatic carbocycles. The van der Waals surface area contributed by atoms with E-state index in [0.29, 0.717) is 29.0 Å². The van der Waals surface area contributed by atoms with E-state index in [1.54, 1.807) is 11.0 Å². The first-order valence-electron chi connectivity index (χ1n) is 8.44. The summed E-state index contributed by atoms with van der Waals surface area (Å²) in [5.41, 5.74) is 0.919. The fourth-order valence-corrected chi connectivity index (χ4v) is 3.71. The molecule has 0 aliphatic carbocycles. The zero-order valence-electron chi connectivity index (χ0n) is 14.7. The molecule has 0 unspecified atom stereocenters. The zero-order chi connectivity index (χ0) is 19.1. The van der Waals surface area contributed by atoms with Crippen LogP contribution in [0.15, 0.2) is 72.2 Å². The second-order valence-corrected chi connectivity index (χ2v) is 7.34. The first-order valence-corrected chi connectivity index (χ1v) is 9.67. The normalized spacial score (nSPS) is 15.3. The van der Waals surface area contributed by atoms with Crippen LogP contribution in [-0.2, 0) is 4.79 Å². The van der Waals surface area contributed by atoms with Crippen LogP contribution >= 0.6 is 24.0 Å². The largest absolute Gasteiger partial charge is 0.490 e. The Labute approximate surface area is 168 Å². The maximum Gasteiger partial charge on any atom is 0.266 e. The summed E-state index contributed by atoms with van der Waals surface area (Å²) in [7, 11) is 0. The molecular weight excluding hydrogens is 378 g/mol. The van der Waals surface area contributed by atoms with Crippen molar-refractivity contribution >= 4 is 40.3 Å². The molecule has 1 aliphatic heterocycles. The van der Waals surface area contributed by atoms with E-state index in [0.717, 1.165) is 17.1 Å². The monoisotopic (exact) mass is 397 g/mol. The zero-order valence-corrected chi connectivity index (χ0v) is 16.3. The van der Waals surface area contributed by atoms with Gasteiger partial charge in [0.05, 0.1) is 4.91 Å². The molecule has 2 aromatic rings. The third-order valence-corrected chi connectivity index (χ3v) is 5.10. The van der Waals surface area contributed by atoms with Crippen LogP contribution in [0.1, 0.15) is 5.56 Å². The lowest BCUT2D eigenvalue weighted by Crippen LogP contribution is -2.27. The average molecular weight is 398 g/mol. The third kappa shape index (κ3) is 5.21. The Morgan fingerprint density at radius 1 is 1.00 bits per heavy atom. The van der Waals surface area contributed by atoms with Gasteiger partial charge in [0.2, 0.25) is 0 Å². The predicted molar refractivity (Wildman–Crippen MR) is 114 cm³/mol. The SMILES string of the molecule is C=CCN1C(=O)C(=Cc2ccc(OCCOc3ccccc3)cc2)SC1=S. The Morgan fingerprint density at radius 2 is 1.63 bits per heavy atom. The molecule has 1 amide bonds. The second kappa shape index (κ2) is 9.39.